The van der Waals surface area contributed by atoms with Gasteiger partial charge in [-0.1, -0.05) is 63.4 Å². The molecule has 0 heterocycles. The Labute approximate surface area is 88.4 Å². The summed E-state index contributed by atoms with van der Waals surface area (Å²) in [7, 11) is 0. The predicted octanol–water partition coefficient (Wildman–Crippen LogP) is 4.45. The summed E-state index contributed by atoms with van der Waals surface area (Å²) in [5.41, 5.74) is 1.48. The van der Waals surface area contributed by atoms with Gasteiger partial charge in [-0.15, -0.1) is 0 Å². The van der Waals surface area contributed by atoms with Crippen LogP contribution in [0.25, 0.3) is 0 Å². The van der Waals surface area contributed by atoms with Gasteiger partial charge in [0.2, 0.25) is 0 Å². The van der Waals surface area contributed by atoms with E-state index >= 15 is 0 Å². The minimum Gasteiger partial charge on any atom is -0.0654 e. The topological polar surface area (TPSA) is 0 Å². The first-order chi connectivity index (χ1) is 6.83. The number of hydrogen-bond donors (Lipinski definition) is 0. The van der Waals surface area contributed by atoms with Crippen molar-refractivity contribution in [2.45, 2.75) is 46.0 Å². The number of aryl methyl sites for hydroxylation is 1. The second-order valence-corrected chi connectivity index (χ2v) is 4.27. The molecule has 0 amide bonds. The molecule has 1 aromatic rings. The summed E-state index contributed by atoms with van der Waals surface area (Å²) in [4.78, 5) is 0. The van der Waals surface area contributed by atoms with Crippen LogP contribution in [0.3, 0.4) is 0 Å². The Morgan fingerprint density at radius 3 is 2.43 bits per heavy atom. The first kappa shape index (κ1) is 11.3. The molecular weight excluding hydrogens is 168 g/mol. The quantitative estimate of drug-likeness (QED) is 0.622. The molecule has 0 spiro atoms. The Bertz CT molecular complexity index is 225. The van der Waals surface area contributed by atoms with Crippen LogP contribution in [0.1, 0.15) is 45.1 Å². The number of unbranched alkanes of at least 4 members (excludes halogenated alkanes) is 1. The van der Waals surface area contributed by atoms with Crippen molar-refractivity contribution in [3.8, 4) is 0 Å². The second-order valence-electron chi connectivity index (χ2n) is 4.27. The molecular formula is C14H22. The van der Waals surface area contributed by atoms with Crippen LogP contribution in [0.5, 0.6) is 0 Å². The van der Waals surface area contributed by atoms with Crippen LogP contribution in [-0.2, 0) is 6.42 Å². The molecule has 0 aromatic heterocycles. The number of benzene rings is 1. The van der Waals surface area contributed by atoms with Gasteiger partial charge in [0.25, 0.3) is 0 Å². The van der Waals surface area contributed by atoms with Gasteiger partial charge in [-0.25, -0.2) is 0 Å². The zero-order valence-corrected chi connectivity index (χ0v) is 9.50. The molecule has 0 unspecified atom stereocenters. The Morgan fingerprint density at radius 2 is 1.79 bits per heavy atom. The molecule has 0 saturated carbocycles. The molecule has 0 bridgehead atoms. The lowest BCUT2D eigenvalue weighted by molar-refractivity contribution is 0.472. The fourth-order valence-corrected chi connectivity index (χ4v) is 1.75. The molecule has 1 rings (SSSR count). The van der Waals surface area contributed by atoms with Gasteiger partial charge in [-0.05, 0) is 24.3 Å². The summed E-state index contributed by atoms with van der Waals surface area (Å²) in [6.45, 7) is 4.64. The van der Waals surface area contributed by atoms with Crippen molar-refractivity contribution in [3.05, 3.63) is 35.9 Å². The Hall–Kier alpha value is -0.780. The van der Waals surface area contributed by atoms with Crippen molar-refractivity contribution in [3.63, 3.8) is 0 Å². The maximum atomic E-state index is 2.37. The summed E-state index contributed by atoms with van der Waals surface area (Å²) in [6.07, 6.45) is 6.69. The van der Waals surface area contributed by atoms with E-state index in [1.807, 2.05) is 0 Å². The Morgan fingerprint density at radius 1 is 1.07 bits per heavy atom. The van der Waals surface area contributed by atoms with Crippen molar-refractivity contribution in [1.82, 2.24) is 0 Å². The number of hydrogen-bond acceptors (Lipinski definition) is 0. The molecule has 0 radical (unpaired) electrons. The van der Waals surface area contributed by atoms with Crippen LogP contribution in [0.2, 0.25) is 0 Å². The molecule has 0 aliphatic rings. The maximum Gasteiger partial charge on any atom is -0.0276 e. The van der Waals surface area contributed by atoms with Gasteiger partial charge >= 0.3 is 0 Å². The third-order valence-corrected chi connectivity index (χ3v) is 2.82. The van der Waals surface area contributed by atoms with Crippen molar-refractivity contribution >= 4 is 0 Å². The van der Waals surface area contributed by atoms with E-state index < -0.39 is 0 Å². The van der Waals surface area contributed by atoms with Crippen LogP contribution in [0.15, 0.2) is 30.3 Å². The van der Waals surface area contributed by atoms with Crippen LogP contribution < -0.4 is 0 Å². The highest BCUT2D eigenvalue weighted by Gasteiger charge is 2.01. The highest BCUT2D eigenvalue weighted by atomic mass is 14.1. The van der Waals surface area contributed by atoms with Crippen LogP contribution in [-0.4, -0.2) is 0 Å². The van der Waals surface area contributed by atoms with Gasteiger partial charge in [-0.2, -0.15) is 0 Å². The SMILES string of the molecule is CCCC[C@@H](C)CCc1ccccc1. The first-order valence-corrected chi connectivity index (χ1v) is 5.87. The van der Waals surface area contributed by atoms with Gasteiger partial charge in [0, 0.05) is 0 Å². The third-order valence-electron chi connectivity index (χ3n) is 2.82. The van der Waals surface area contributed by atoms with E-state index in [0.29, 0.717) is 0 Å². The van der Waals surface area contributed by atoms with Gasteiger partial charge in [0.1, 0.15) is 0 Å². The molecule has 0 saturated heterocycles. The van der Waals surface area contributed by atoms with Crippen LogP contribution in [0.4, 0.5) is 0 Å². The minimum atomic E-state index is 0.884. The van der Waals surface area contributed by atoms with E-state index in [1.54, 1.807) is 0 Å². The minimum absolute atomic E-state index is 0.884. The van der Waals surface area contributed by atoms with Gasteiger partial charge in [0.05, 0.1) is 0 Å². The lowest BCUT2D eigenvalue weighted by Gasteiger charge is -2.10. The van der Waals surface area contributed by atoms with E-state index in [2.05, 4.69) is 44.2 Å². The molecule has 1 atom stereocenters. The Kier molecular flexibility index (Phi) is 5.36. The summed E-state index contributed by atoms with van der Waals surface area (Å²) in [5, 5.41) is 0. The fraction of sp³-hybridized carbons (Fsp3) is 0.571. The van der Waals surface area contributed by atoms with Crippen molar-refractivity contribution < 1.29 is 0 Å². The zero-order valence-electron chi connectivity index (χ0n) is 9.50. The van der Waals surface area contributed by atoms with E-state index in [4.69, 9.17) is 0 Å². The molecule has 0 nitrogen and oxygen atoms in total. The van der Waals surface area contributed by atoms with Crippen molar-refractivity contribution in [1.29, 1.82) is 0 Å². The smallest absolute Gasteiger partial charge is 0.0276 e. The molecule has 0 N–H and O–H groups in total. The first-order valence-electron chi connectivity index (χ1n) is 5.87. The van der Waals surface area contributed by atoms with Gasteiger partial charge in [-0.3, -0.25) is 0 Å². The highest BCUT2D eigenvalue weighted by Crippen LogP contribution is 2.15. The molecule has 0 heteroatoms. The molecule has 0 aliphatic heterocycles. The largest absolute Gasteiger partial charge is 0.0654 e. The zero-order chi connectivity index (χ0) is 10.2. The third kappa shape index (κ3) is 4.45. The summed E-state index contributed by atoms with van der Waals surface area (Å²) in [6, 6.07) is 10.8. The highest BCUT2D eigenvalue weighted by molar-refractivity contribution is 5.14. The average molecular weight is 190 g/mol. The molecule has 1 aromatic carbocycles. The predicted molar refractivity (Wildman–Crippen MR) is 63.5 cm³/mol. The normalized spacial score (nSPS) is 12.7. The van der Waals surface area contributed by atoms with E-state index in [0.717, 1.165) is 5.92 Å². The lowest BCUT2D eigenvalue weighted by atomic mass is 9.96. The van der Waals surface area contributed by atoms with Crippen molar-refractivity contribution in [2.24, 2.45) is 5.92 Å². The van der Waals surface area contributed by atoms with Gasteiger partial charge in [0.15, 0.2) is 0 Å². The van der Waals surface area contributed by atoms with E-state index in [1.165, 1.54) is 37.7 Å². The summed E-state index contributed by atoms with van der Waals surface area (Å²) >= 11 is 0. The summed E-state index contributed by atoms with van der Waals surface area (Å²) in [5.74, 6) is 0.884. The molecule has 0 fully saturated rings. The molecule has 14 heavy (non-hydrogen) atoms. The standard InChI is InChI=1S/C14H22/c1-3-4-8-13(2)11-12-14-9-6-5-7-10-14/h5-7,9-10,13H,3-4,8,11-12H2,1-2H3/t13-/m1/s1. The van der Waals surface area contributed by atoms with Crippen LogP contribution >= 0.6 is 0 Å². The summed E-state index contributed by atoms with van der Waals surface area (Å²) < 4.78 is 0. The fourth-order valence-electron chi connectivity index (χ4n) is 1.75. The Balaban J connectivity index is 2.20. The van der Waals surface area contributed by atoms with E-state index in [-0.39, 0.29) is 0 Å². The molecule has 78 valence electrons. The van der Waals surface area contributed by atoms with Crippen LogP contribution in [0, 0.1) is 5.92 Å². The van der Waals surface area contributed by atoms with E-state index in [9.17, 15) is 0 Å². The average Bonchev–Trinajstić information content (AvgIpc) is 2.25. The van der Waals surface area contributed by atoms with Crippen molar-refractivity contribution in [2.75, 3.05) is 0 Å². The lowest BCUT2D eigenvalue weighted by Crippen LogP contribution is -1.97. The molecule has 0 aliphatic carbocycles. The van der Waals surface area contributed by atoms with Gasteiger partial charge < -0.3 is 0 Å². The maximum absolute atomic E-state index is 2.37. The number of rotatable bonds is 6. The monoisotopic (exact) mass is 190 g/mol. The second kappa shape index (κ2) is 6.64.